The monoisotopic (exact) mass is 333 g/mol. The Morgan fingerprint density at radius 1 is 1.44 bits per heavy atom. The predicted octanol–water partition coefficient (Wildman–Crippen LogP) is 2.58. The number of amides is 1. The van der Waals surface area contributed by atoms with E-state index in [1.165, 1.54) is 0 Å². The van der Waals surface area contributed by atoms with Crippen LogP contribution in [0.4, 0.5) is 4.79 Å². The average Bonchev–Trinajstić information content (AvgIpc) is 2.15. The molecule has 0 spiro atoms. The van der Waals surface area contributed by atoms with E-state index in [1.54, 1.807) is 8.49 Å². The number of hydrogen-bond donors (Lipinski definition) is 0. The third-order valence-electron chi connectivity index (χ3n) is 2.64. The molecule has 0 saturated heterocycles. The second kappa shape index (κ2) is 5.43. The standard InChI is InChI=1S/C10H16NO2.2CH3.Sn.H/c1-10(2,3)13-9(12)11-7-5-4-6-8-11;;;;/h5H,6-8H2,1-3H3;2*1H3;;. The Balaban J connectivity index is 2.51. The van der Waals surface area contributed by atoms with Crippen molar-refractivity contribution < 1.29 is 9.53 Å². The van der Waals surface area contributed by atoms with Crippen molar-refractivity contribution in [3.8, 4) is 0 Å². The van der Waals surface area contributed by atoms with Gasteiger partial charge in [-0.15, -0.1) is 0 Å². The van der Waals surface area contributed by atoms with Crippen LogP contribution in [0, 0.1) is 0 Å². The van der Waals surface area contributed by atoms with Crippen LogP contribution in [0.5, 0.6) is 0 Å². The maximum absolute atomic E-state index is 11.8. The van der Waals surface area contributed by atoms with Gasteiger partial charge in [-0.1, -0.05) is 0 Å². The fourth-order valence-corrected chi connectivity index (χ4v) is 5.36. The average molecular weight is 332 g/mol. The minimum atomic E-state index is -1.31. The first-order valence-corrected chi connectivity index (χ1v) is 14.2. The summed E-state index contributed by atoms with van der Waals surface area (Å²) in [5.41, 5.74) is -0.391. The Hall–Kier alpha value is -0.191. The van der Waals surface area contributed by atoms with Gasteiger partial charge in [0.25, 0.3) is 0 Å². The summed E-state index contributed by atoms with van der Waals surface area (Å²) in [6.07, 6.45) is 3.13. The van der Waals surface area contributed by atoms with Crippen LogP contribution in [0.25, 0.3) is 0 Å². The quantitative estimate of drug-likeness (QED) is 0.691. The molecule has 1 heterocycles. The number of carbonyl (C=O) groups is 1. The van der Waals surface area contributed by atoms with Crippen molar-refractivity contribution in [2.75, 3.05) is 13.1 Å². The van der Waals surface area contributed by atoms with E-state index < -0.39 is 25.4 Å². The molecule has 0 aromatic rings. The SMILES string of the molecule is [CH3][SnH]([CH3])[C]1=CCN(C(=O)OC(C)(C)C)CC1. The van der Waals surface area contributed by atoms with E-state index in [0.717, 1.165) is 19.5 Å². The molecule has 16 heavy (non-hydrogen) atoms. The Morgan fingerprint density at radius 2 is 2.06 bits per heavy atom. The first-order valence-electron chi connectivity index (χ1n) is 5.96. The zero-order valence-electron chi connectivity index (χ0n) is 11.0. The van der Waals surface area contributed by atoms with E-state index in [1.807, 2.05) is 20.8 Å². The van der Waals surface area contributed by atoms with Gasteiger partial charge in [-0.05, 0) is 0 Å². The molecule has 3 nitrogen and oxygen atoms in total. The predicted molar refractivity (Wildman–Crippen MR) is 69.4 cm³/mol. The van der Waals surface area contributed by atoms with Crippen LogP contribution in [-0.4, -0.2) is 49.4 Å². The molecule has 1 rings (SSSR count). The van der Waals surface area contributed by atoms with Gasteiger partial charge < -0.3 is 0 Å². The molecule has 0 aromatic heterocycles. The molecule has 0 unspecified atom stereocenters. The van der Waals surface area contributed by atoms with Crippen molar-refractivity contribution >= 4 is 25.9 Å². The zero-order valence-corrected chi connectivity index (χ0v) is 14.3. The van der Waals surface area contributed by atoms with Gasteiger partial charge in [0.15, 0.2) is 0 Å². The van der Waals surface area contributed by atoms with Crippen molar-refractivity contribution in [1.82, 2.24) is 4.90 Å². The molecule has 0 N–H and O–H groups in total. The number of nitrogens with zero attached hydrogens (tertiary/aromatic N) is 1. The van der Waals surface area contributed by atoms with Crippen molar-refractivity contribution in [1.29, 1.82) is 0 Å². The molecule has 0 fully saturated rings. The van der Waals surface area contributed by atoms with Crippen molar-refractivity contribution in [2.24, 2.45) is 0 Å². The van der Waals surface area contributed by atoms with Crippen LogP contribution in [0.1, 0.15) is 27.2 Å². The van der Waals surface area contributed by atoms with Gasteiger partial charge in [-0.2, -0.15) is 0 Å². The van der Waals surface area contributed by atoms with Gasteiger partial charge in [0.05, 0.1) is 0 Å². The zero-order chi connectivity index (χ0) is 12.3. The maximum atomic E-state index is 11.8. The van der Waals surface area contributed by atoms with Gasteiger partial charge in [0.2, 0.25) is 0 Å². The molecule has 1 amide bonds. The van der Waals surface area contributed by atoms with Gasteiger partial charge >= 0.3 is 106 Å². The molecular weight excluding hydrogens is 309 g/mol. The second-order valence-corrected chi connectivity index (χ2v) is 14.3. The third-order valence-corrected chi connectivity index (χ3v) is 8.37. The molecule has 4 heteroatoms. The number of carbonyl (C=O) groups excluding carboxylic acids is 1. The van der Waals surface area contributed by atoms with Crippen LogP contribution in [-0.2, 0) is 4.74 Å². The van der Waals surface area contributed by atoms with Crippen LogP contribution < -0.4 is 0 Å². The van der Waals surface area contributed by atoms with E-state index in [4.69, 9.17) is 4.74 Å². The Bertz CT molecular complexity index is 292. The van der Waals surface area contributed by atoms with Gasteiger partial charge in [0.1, 0.15) is 0 Å². The second-order valence-electron chi connectivity index (χ2n) is 5.61. The summed E-state index contributed by atoms with van der Waals surface area (Å²) in [7, 11) is 0. The minimum absolute atomic E-state index is 0.179. The van der Waals surface area contributed by atoms with E-state index >= 15 is 0 Å². The summed E-state index contributed by atoms with van der Waals surface area (Å²) >= 11 is -1.31. The number of ether oxygens (including phenoxy) is 1. The Labute approximate surface area is 106 Å². The molecule has 0 bridgehead atoms. The molecule has 1 aliphatic heterocycles. The topological polar surface area (TPSA) is 29.5 Å². The fourth-order valence-electron chi connectivity index (χ4n) is 1.70. The van der Waals surface area contributed by atoms with Crippen molar-refractivity contribution in [3.63, 3.8) is 0 Å². The van der Waals surface area contributed by atoms with Crippen LogP contribution in [0.15, 0.2) is 9.67 Å². The van der Waals surface area contributed by atoms with Gasteiger partial charge in [-0.3, -0.25) is 0 Å². The molecule has 0 atom stereocenters. The van der Waals surface area contributed by atoms with E-state index in [9.17, 15) is 4.79 Å². The van der Waals surface area contributed by atoms with Gasteiger partial charge in [-0.25, -0.2) is 0 Å². The molecule has 0 saturated carbocycles. The summed E-state index contributed by atoms with van der Waals surface area (Å²) < 4.78 is 7.00. The van der Waals surface area contributed by atoms with Crippen molar-refractivity contribution in [2.45, 2.75) is 42.7 Å². The summed E-state index contributed by atoms with van der Waals surface area (Å²) in [5, 5.41) is 0. The summed E-state index contributed by atoms with van der Waals surface area (Å²) in [5.74, 6) is 0. The van der Waals surface area contributed by atoms with Crippen LogP contribution >= 0.6 is 0 Å². The fraction of sp³-hybridized carbons (Fsp3) is 0.750. The number of hydrogen-bond acceptors (Lipinski definition) is 2. The number of rotatable bonds is 1. The summed E-state index contributed by atoms with van der Waals surface area (Å²) in [4.78, 5) is 18.4. The first-order chi connectivity index (χ1) is 7.29. The molecule has 0 aromatic carbocycles. The van der Waals surface area contributed by atoms with E-state index in [-0.39, 0.29) is 6.09 Å². The molecule has 0 radical (unpaired) electrons. The van der Waals surface area contributed by atoms with E-state index in [2.05, 4.69) is 16.0 Å². The molecular formula is C12H23NO2Sn. The molecule has 1 aliphatic rings. The van der Waals surface area contributed by atoms with E-state index in [0.29, 0.717) is 0 Å². The summed E-state index contributed by atoms with van der Waals surface area (Å²) in [6, 6.07) is 0. The summed E-state index contributed by atoms with van der Waals surface area (Å²) in [6.45, 7) is 7.28. The van der Waals surface area contributed by atoms with Crippen molar-refractivity contribution in [3.05, 3.63) is 9.67 Å². The third kappa shape index (κ3) is 4.35. The Morgan fingerprint density at radius 3 is 2.44 bits per heavy atom. The molecule has 92 valence electrons. The van der Waals surface area contributed by atoms with Crippen LogP contribution in [0.3, 0.4) is 0 Å². The first kappa shape index (κ1) is 13.9. The Kier molecular flexibility index (Phi) is 4.71. The molecule has 0 aliphatic carbocycles. The van der Waals surface area contributed by atoms with Gasteiger partial charge in [0, 0.05) is 0 Å². The van der Waals surface area contributed by atoms with Crippen LogP contribution in [0.2, 0.25) is 9.88 Å². The normalized spacial score (nSPS) is 17.4.